The van der Waals surface area contributed by atoms with E-state index in [2.05, 4.69) is 80.7 Å². The molecule has 0 aromatic carbocycles. The van der Waals surface area contributed by atoms with Crippen LogP contribution in [-0.2, 0) is 14.3 Å². The first-order valence-electron chi connectivity index (χ1n) is 16.4. The fourth-order valence-corrected chi connectivity index (χ4v) is 4.31. The molecule has 41 heavy (non-hydrogen) atoms. The van der Waals surface area contributed by atoms with E-state index >= 15 is 0 Å². The summed E-state index contributed by atoms with van der Waals surface area (Å²) in [6.07, 6.45) is 44.8. The molecule has 0 amide bonds. The average Bonchev–Trinajstić information content (AvgIpc) is 2.96. The van der Waals surface area contributed by atoms with Crippen LogP contribution >= 0.6 is 0 Å². The summed E-state index contributed by atoms with van der Waals surface area (Å²) in [5.74, 6) is -1.06. The fourth-order valence-electron chi connectivity index (χ4n) is 4.31. The Labute approximate surface area is 252 Å². The zero-order valence-corrected chi connectivity index (χ0v) is 26.3. The van der Waals surface area contributed by atoms with Gasteiger partial charge in [0.25, 0.3) is 0 Å². The Bertz CT molecular complexity index is 785. The summed E-state index contributed by atoms with van der Waals surface area (Å²) in [5.41, 5.74) is 0. The summed E-state index contributed by atoms with van der Waals surface area (Å²) >= 11 is 0. The molecule has 0 fully saturated rings. The first-order valence-corrected chi connectivity index (χ1v) is 16.4. The van der Waals surface area contributed by atoms with Crippen molar-refractivity contribution in [1.82, 2.24) is 0 Å². The number of allylic oxidation sites excluding steroid dienone is 12. The van der Waals surface area contributed by atoms with Crippen molar-refractivity contribution < 1.29 is 19.4 Å². The predicted molar refractivity (Wildman–Crippen MR) is 176 cm³/mol. The van der Waals surface area contributed by atoms with Gasteiger partial charge in [-0.3, -0.25) is 9.59 Å². The number of carbonyl (C=O) groups is 2. The standard InChI is InChI=1S/C37H60O4/c1-3-5-7-9-11-13-14-15-16-17-18-19-20-21-22-24-26-28-30-32-37(40)41-35(33-34-36(38)39)31-29-27-25-23-12-10-8-6-4-2/h5,7,11,13,15-16,18-19,21-22,26,28,35H,3-4,6,8-10,12,14,17,20,23-25,27,29-34H2,1-2H3,(H,38,39)/b7-5-,13-11-,16-15-,19-18-,22-21-,28-26-. The molecule has 0 aromatic rings. The summed E-state index contributed by atoms with van der Waals surface area (Å²) in [6, 6.07) is 0. The van der Waals surface area contributed by atoms with E-state index in [9.17, 15) is 9.59 Å². The van der Waals surface area contributed by atoms with Gasteiger partial charge in [-0.2, -0.15) is 0 Å². The number of hydrogen-bond donors (Lipinski definition) is 1. The summed E-state index contributed by atoms with van der Waals surface area (Å²) in [5, 5.41) is 9.04. The molecule has 1 unspecified atom stereocenters. The monoisotopic (exact) mass is 568 g/mol. The molecule has 0 rings (SSSR count). The molecule has 1 atom stereocenters. The highest BCUT2D eigenvalue weighted by Gasteiger charge is 2.15. The van der Waals surface area contributed by atoms with Crippen molar-refractivity contribution in [2.45, 2.75) is 148 Å². The fraction of sp³-hybridized carbons (Fsp3) is 0.622. The number of ether oxygens (including phenoxy) is 1. The molecule has 0 aliphatic heterocycles. The van der Waals surface area contributed by atoms with Gasteiger partial charge < -0.3 is 9.84 Å². The highest BCUT2D eigenvalue weighted by molar-refractivity contribution is 5.70. The van der Waals surface area contributed by atoms with Gasteiger partial charge in [0, 0.05) is 12.8 Å². The van der Waals surface area contributed by atoms with Gasteiger partial charge in [-0.15, -0.1) is 0 Å². The Kier molecular flexibility index (Phi) is 29.9. The smallest absolute Gasteiger partial charge is 0.306 e. The number of carbonyl (C=O) groups excluding carboxylic acids is 1. The molecule has 0 aromatic heterocycles. The number of rotatable bonds is 28. The number of hydrogen-bond acceptors (Lipinski definition) is 3. The molecule has 0 saturated carbocycles. The molecule has 0 spiro atoms. The minimum atomic E-state index is -0.837. The first kappa shape index (κ1) is 38.4. The normalized spacial score (nSPS) is 13.2. The zero-order valence-electron chi connectivity index (χ0n) is 26.3. The van der Waals surface area contributed by atoms with Crippen LogP contribution in [0.1, 0.15) is 142 Å². The van der Waals surface area contributed by atoms with Crippen molar-refractivity contribution in [2.75, 3.05) is 0 Å². The van der Waals surface area contributed by atoms with Crippen molar-refractivity contribution in [1.29, 1.82) is 0 Å². The van der Waals surface area contributed by atoms with Crippen molar-refractivity contribution in [3.8, 4) is 0 Å². The molecule has 0 bridgehead atoms. The average molecular weight is 569 g/mol. The lowest BCUT2D eigenvalue weighted by Crippen LogP contribution is -2.19. The number of esters is 1. The van der Waals surface area contributed by atoms with Gasteiger partial charge in [0.2, 0.25) is 0 Å². The Hall–Kier alpha value is -2.62. The van der Waals surface area contributed by atoms with E-state index in [1.165, 1.54) is 44.9 Å². The number of carboxylic acid groups (broad SMARTS) is 1. The van der Waals surface area contributed by atoms with Crippen LogP contribution in [0.2, 0.25) is 0 Å². The largest absolute Gasteiger partial charge is 0.481 e. The van der Waals surface area contributed by atoms with E-state index in [0.29, 0.717) is 19.3 Å². The second-order valence-corrected chi connectivity index (χ2v) is 10.6. The van der Waals surface area contributed by atoms with E-state index in [1.54, 1.807) is 0 Å². The third-order valence-electron chi connectivity index (χ3n) is 6.72. The van der Waals surface area contributed by atoms with Crippen molar-refractivity contribution in [2.24, 2.45) is 0 Å². The predicted octanol–water partition coefficient (Wildman–Crippen LogP) is 11.2. The van der Waals surface area contributed by atoms with E-state index in [4.69, 9.17) is 9.84 Å². The maximum absolute atomic E-state index is 12.3. The van der Waals surface area contributed by atoms with Crippen LogP contribution in [0.4, 0.5) is 0 Å². The van der Waals surface area contributed by atoms with Crippen LogP contribution in [0.5, 0.6) is 0 Å². The number of unbranched alkanes of at least 4 members (excludes halogenated alkanes) is 8. The molecule has 4 nitrogen and oxygen atoms in total. The minimum Gasteiger partial charge on any atom is -0.481 e. The van der Waals surface area contributed by atoms with Crippen LogP contribution < -0.4 is 0 Å². The van der Waals surface area contributed by atoms with E-state index in [1.807, 2.05) is 6.08 Å². The molecular formula is C37H60O4. The maximum atomic E-state index is 12.3. The lowest BCUT2D eigenvalue weighted by Gasteiger charge is -2.17. The SMILES string of the molecule is CC/C=C\C/C=C\C/C=C\C/C=C\C/C=C\C/C=C\CCC(=O)OC(CCCCCCCCCCC)CCC(=O)O. The molecule has 0 aliphatic carbocycles. The van der Waals surface area contributed by atoms with Gasteiger partial charge in [-0.1, -0.05) is 138 Å². The van der Waals surface area contributed by atoms with Gasteiger partial charge >= 0.3 is 11.9 Å². The highest BCUT2D eigenvalue weighted by atomic mass is 16.5. The van der Waals surface area contributed by atoms with Gasteiger partial charge in [0.15, 0.2) is 0 Å². The maximum Gasteiger partial charge on any atom is 0.306 e. The van der Waals surface area contributed by atoms with E-state index < -0.39 is 5.97 Å². The summed E-state index contributed by atoms with van der Waals surface area (Å²) < 4.78 is 5.64. The summed E-state index contributed by atoms with van der Waals surface area (Å²) in [7, 11) is 0. The number of aliphatic carboxylic acids is 1. The van der Waals surface area contributed by atoms with Crippen LogP contribution in [0.3, 0.4) is 0 Å². The van der Waals surface area contributed by atoms with E-state index in [0.717, 1.165) is 57.8 Å². The second kappa shape index (κ2) is 31.9. The van der Waals surface area contributed by atoms with Crippen LogP contribution in [0, 0.1) is 0 Å². The molecule has 0 radical (unpaired) electrons. The topological polar surface area (TPSA) is 63.6 Å². The Morgan fingerprint density at radius 2 is 1.00 bits per heavy atom. The van der Waals surface area contributed by atoms with Crippen molar-refractivity contribution >= 4 is 11.9 Å². The molecule has 232 valence electrons. The van der Waals surface area contributed by atoms with Crippen LogP contribution in [0.15, 0.2) is 72.9 Å². The summed E-state index contributed by atoms with van der Waals surface area (Å²) in [6.45, 7) is 4.38. The van der Waals surface area contributed by atoms with Gasteiger partial charge in [0.1, 0.15) is 6.10 Å². The Morgan fingerprint density at radius 3 is 1.46 bits per heavy atom. The van der Waals surface area contributed by atoms with Gasteiger partial charge in [0.05, 0.1) is 0 Å². The van der Waals surface area contributed by atoms with Crippen molar-refractivity contribution in [3.05, 3.63) is 72.9 Å². The second-order valence-electron chi connectivity index (χ2n) is 10.6. The Morgan fingerprint density at radius 1 is 0.561 bits per heavy atom. The molecule has 0 heterocycles. The van der Waals surface area contributed by atoms with Crippen molar-refractivity contribution in [3.63, 3.8) is 0 Å². The minimum absolute atomic E-state index is 0.0442. The van der Waals surface area contributed by atoms with E-state index in [-0.39, 0.29) is 18.5 Å². The quantitative estimate of drug-likeness (QED) is 0.0579. The molecule has 0 saturated heterocycles. The van der Waals surface area contributed by atoms with Crippen LogP contribution in [0.25, 0.3) is 0 Å². The molecule has 0 aliphatic rings. The molecular weight excluding hydrogens is 508 g/mol. The van der Waals surface area contributed by atoms with Crippen LogP contribution in [-0.4, -0.2) is 23.1 Å². The lowest BCUT2D eigenvalue weighted by atomic mass is 10.0. The van der Waals surface area contributed by atoms with Gasteiger partial charge in [-0.25, -0.2) is 0 Å². The number of carboxylic acids is 1. The molecule has 1 N–H and O–H groups in total. The first-order chi connectivity index (χ1) is 20.1. The van der Waals surface area contributed by atoms with Gasteiger partial charge in [-0.05, 0) is 64.2 Å². The summed E-state index contributed by atoms with van der Waals surface area (Å²) in [4.78, 5) is 23.3. The molecule has 4 heteroatoms. The zero-order chi connectivity index (χ0) is 30.1. The third kappa shape index (κ3) is 31.8. The Balaban J connectivity index is 3.97. The highest BCUT2D eigenvalue weighted by Crippen LogP contribution is 2.16. The third-order valence-corrected chi connectivity index (χ3v) is 6.72. The lowest BCUT2D eigenvalue weighted by molar-refractivity contribution is -0.151.